The molecule has 2 heterocycles. The number of hydrogen-bond acceptors (Lipinski definition) is 2. The molecule has 2 bridgehead atoms. The number of benzene rings is 1. The van der Waals surface area contributed by atoms with Gasteiger partial charge in [-0.05, 0) is 48.6 Å². The van der Waals surface area contributed by atoms with E-state index in [1.54, 1.807) is 0 Å². The number of fused-ring (bicyclic) bond motifs is 2. The summed E-state index contributed by atoms with van der Waals surface area (Å²) in [5.74, 6) is 1.33. The van der Waals surface area contributed by atoms with Crippen molar-refractivity contribution in [2.45, 2.75) is 70.5 Å². The van der Waals surface area contributed by atoms with Crippen LogP contribution in [0.1, 0.15) is 63.0 Å². The minimum Gasteiger partial charge on any atom is -0.352 e. The number of carbonyl (C=O) groups is 1. The monoisotopic (exact) mass is 300 g/mol. The number of piperidine rings is 1. The molecule has 1 aromatic rings. The molecule has 2 aliphatic heterocycles. The zero-order valence-electron chi connectivity index (χ0n) is 13.8. The Balaban J connectivity index is 1.44. The number of carbonyl (C=O) groups excluding carboxylic acids is 1. The molecule has 0 radical (unpaired) electrons. The first-order valence-electron chi connectivity index (χ1n) is 8.71. The van der Waals surface area contributed by atoms with Gasteiger partial charge in [0.25, 0.3) is 0 Å². The Morgan fingerprint density at radius 2 is 1.82 bits per heavy atom. The van der Waals surface area contributed by atoms with Crippen LogP contribution in [0.4, 0.5) is 0 Å². The fourth-order valence-electron chi connectivity index (χ4n) is 3.90. The van der Waals surface area contributed by atoms with E-state index in [0.717, 1.165) is 0 Å². The van der Waals surface area contributed by atoms with Gasteiger partial charge in [-0.25, -0.2) is 0 Å². The van der Waals surface area contributed by atoms with Gasteiger partial charge in [0.15, 0.2) is 0 Å². The van der Waals surface area contributed by atoms with Gasteiger partial charge in [0.05, 0.1) is 0 Å². The molecular weight excluding hydrogens is 272 g/mol. The van der Waals surface area contributed by atoms with Crippen molar-refractivity contribution in [1.82, 2.24) is 10.6 Å². The molecule has 0 saturated carbocycles. The summed E-state index contributed by atoms with van der Waals surface area (Å²) in [6.07, 6.45) is 5.63. The predicted molar refractivity (Wildman–Crippen MR) is 89.7 cm³/mol. The quantitative estimate of drug-likeness (QED) is 0.875. The lowest BCUT2D eigenvalue weighted by Crippen LogP contribution is -2.39. The van der Waals surface area contributed by atoms with E-state index in [1.165, 1.54) is 36.8 Å². The molecular formula is C19H28N2O. The Hall–Kier alpha value is -1.35. The molecule has 2 saturated heterocycles. The zero-order chi connectivity index (χ0) is 15.5. The SMILES string of the molecule is CC(C)c1ccc(CNC(=O)CC2CC3CCC(C2)N3)cc1. The van der Waals surface area contributed by atoms with Gasteiger partial charge < -0.3 is 10.6 Å². The maximum Gasteiger partial charge on any atom is 0.220 e. The second-order valence-electron chi connectivity index (χ2n) is 7.35. The molecule has 3 rings (SSSR count). The van der Waals surface area contributed by atoms with Crippen LogP contribution in [0.25, 0.3) is 0 Å². The van der Waals surface area contributed by atoms with E-state index in [1.807, 2.05) is 0 Å². The van der Waals surface area contributed by atoms with Crippen LogP contribution in [-0.2, 0) is 11.3 Å². The molecule has 120 valence electrons. The third-order valence-corrected chi connectivity index (χ3v) is 5.18. The number of nitrogens with one attached hydrogen (secondary N) is 2. The van der Waals surface area contributed by atoms with Gasteiger partial charge in [0.1, 0.15) is 0 Å². The second-order valence-corrected chi connectivity index (χ2v) is 7.35. The second kappa shape index (κ2) is 6.82. The highest BCUT2D eigenvalue weighted by atomic mass is 16.1. The topological polar surface area (TPSA) is 41.1 Å². The summed E-state index contributed by atoms with van der Waals surface area (Å²) in [6, 6.07) is 9.91. The third-order valence-electron chi connectivity index (χ3n) is 5.18. The van der Waals surface area contributed by atoms with Crippen molar-refractivity contribution >= 4 is 5.91 Å². The lowest BCUT2D eigenvalue weighted by Gasteiger charge is -2.28. The van der Waals surface area contributed by atoms with Crippen molar-refractivity contribution in [3.63, 3.8) is 0 Å². The lowest BCUT2D eigenvalue weighted by atomic mass is 9.89. The maximum atomic E-state index is 12.2. The van der Waals surface area contributed by atoms with E-state index >= 15 is 0 Å². The van der Waals surface area contributed by atoms with Gasteiger partial charge in [0.2, 0.25) is 5.91 Å². The molecule has 2 aliphatic rings. The van der Waals surface area contributed by atoms with E-state index in [2.05, 4.69) is 48.7 Å². The molecule has 2 N–H and O–H groups in total. The molecule has 0 aliphatic carbocycles. The van der Waals surface area contributed by atoms with Crippen LogP contribution in [0.3, 0.4) is 0 Å². The molecule has 1 aromatic carbocycles. The average Bonchev–Trinajstić information content (AvgIpc) is 2.84. The molecule has 3 heteroatoms. The Morgan fingerprint density at radius 1 is 1.18 bits per heavy atom. The first-order chi connectivity index (χ1) is 10.6. The summed E-state index contributed by atoms with van der Waals surface area (Å²) in [7, 11) is 0. The van der Waals surface area contributed by atoms with Gasteiger partial charge in [-0.3, -0.25) is 4.79 Å². The normalized spacial score (nSPS) is 27.1. The largest absolute Gasteiger partial charge is 0.352 e. The fraction of sp³-hybridized carbons (Fsp3) is 0.632. The molecule has 1 amide bonds. The van der Waals surface area contributed by atoms with Gasteiger partial charge in [-0.2, -0.15) is 0 Å². The Kier molecular flexibility index (Phi) is 4.82. The number of rotatable bonds is 5. The van der Waals surface area contributed by atoms with Crippen molar-refractivity contribution in [1.29, 1.82) is 0 Å². The highest BCUT2D eigenvalue weighted by molar-refractivity contribution is 5.76. The first-order valence-corrected chi connectivity index (χ1v) is 8.71. The maximum absolute atomic E-state index is 12.2. The predicted octanol–water partition coefficient (Wildman–Crippen LogP) is 3.35. The standard InChI is InChI=1S/C19H28N2O/c1-13(2)16-5-3-14(4-6-16)12-20-19(22)11-15-9-17-7-8-18(10-15)21-17/h3-6,13,15,17-18,21H,7-12H2,1-2H3,(H,20,22). The van der Waals surface area contributed by atoms with Gasteiger partial charge in [0, 0.05) is 25.0 Å². The van der Waals surface area contributed by atoms with Crippen LogP contribution in [0.5, 0.6) is 0 Å². The average molecular weight is 300 g/mol. The van der Waals surface area contributed by atoms with Gasteiger partial charge >= 0.3 is 0 Å². The van der Waals surface area contributed by atoms with E-state index < -0.39 is 0 Å². The molecule has 0 spiro atoms. The smallest absolute Gasteiger partial charge is 0.220 e. The minimum atomic E-state index is 0.208. The van der Waals surface area contributed by atoms with Crippen LogP contribution < -0.4 is 10.6 Å². The van der Waals surface area contributed by atoms with E-state index in [-0.39, 0.29) is 5.91 Å². The van der Waals surface area contributed by atoms with E-state index in [4.69, 9.17) is 0 Å². The lowest BCUT2D eigenvalue weighted by molar-refractivity contribution is -0.122. The van der Waals surface area contributed by atoms with Crippen molar-refractivity contribution < 1.29 is 4.79 Å². The van der Waals surface area contributed by atoms with Crippen LogP contribution in [0.15, 0.2) is 24.3 Å². The van der Waals surface area contributed by atoms with Crippen LogP contribution in [0.2, 0.25) is 0 Å². The summed E-state index contributed by atoms with van der Waals surface area (Å²) in [5, 5.41) is 6.72. The number of hydrogen-bond donors (Lipinski definition) is 2. The van der Waals surface area contributed by atoms with Crippen LogP contribution in [-0.4, -0.2) is 18.0 Å². The summed E-state index contributed by atoms with van der Waals surface area (Å²) < 4.78 is 0. The molecule has 2 fully saturated rings. The summed E-state index contributed by atoms with van der Waals surface area (Å²) >= 11 is 0. The van der Waals surface area contributed by atoms with E-state index in [0.29, 0.717) is 36.9 Å². The third kappa shape index (κ3) is 3.89. The van der Waals surface area contributed by atoms with Crippen molar-refractivity contribution in [2.75, 3.05) is 0 Å². The van der Waals surface area contributed by atoms with Crippen molar-refractivity contribution in [3.05, 3.63) is 35.4 Å². The Morgan fingerprint density at radius 3 is 2.41 bits per heavy atom. The summed E-state index contributed by atoms with van der Waals surface area (Å²) in [5.41, 5.74) is 2.53. The highest BCUT2D eigenvalue weighted by Crippen LogP contribution is 2.32. The highest BCUT2D eigenvalue weighted by Gasteiger charge is 2.34. The number of amides is 1. The molecule has 2 unspecified atom stereocenters. The minimum absolute atomic E-state index is 0.208. The Labute approximate surface area is 133 Å². The van der Waals surface area contributed by atoms with Crippen molar-refractivity contribution in [3.8, 4) is 0 Å². The van der Waals surface area contributed by atoms with E-state index in [9.17, 15) is 4.79 Å². The van der Waals surface area contributed by atoms with Crippen LogP contribution >= 0.6 is 0 Å². The van der Waals surface area contributed by atoms with Crippen LogP contribution in [0, 0.1) is 5.92 Å². The Bertz CT molecular complexity index is 497. The van der Waals surface area contributed by atoms with Gasteiger partial charge in [-0.1, -0.05) is 38.1 Å². The molecule has 0 aromatic heterocycles. The summed E-state index contributed by atoms with van der Waals surface area (Å²) in [4.78, 5) is 12.2. The summed E-state index contributed by atoms with van der Waals surface area (Å²) in [6.45, 7) is 5.04. The molecule has 2 atom stereocenters. The molecule has 3 nitrogen and oxygen atoms in total. The molecule has 22 heavy (non-hydrogen) atoms. The zero-order valence-corrected chi connectivity index (χ0v) is 13.8. The van der Waals surface area contributed by atoms with Crippen molar-refractivity contribution in [2.24, 2.45) is 5.92 Å². The van der Waals surface area contributed by atoms with Gasteiger partial charge in [-0.15, -0.1) is 0 Å². The fourth-order valence-corrected chi connectivity index (χ4v) is 3.90. The first kappa shape index (κ1) is 15.5.